The number of hydrogen-bond acceptors (Lipinski definition) is 5. The van der Waals surface area contributed by atoms with Gasteiger partial charge in [-0.25, -0.2) is 4.98 Å². The molecule has 2 aromatic heterocycles. The quantitative estimate of drug-likeness (QED) is 0.918. The molecule has 0 aliphatic carbocycles. The van der Waals surface area contributed by atoms with Crippen LogP contribution in [0.2, 0.25) is 0 Å². The normalized spacial score (nSPS) is 22.4. The van der Waals surface area contributed by atoms with Crippen molar-refractivity contribution in [2.45, 2.75) is 12.3 Å². The van der Waals surface area contributed by atoms with Crippen molar-refractivity contribution in [1.29, 1.82) is 0 Å². The van der Waals surface area contributed by atoms with E-state index in [2.05, 4.69) is 16.4 Å². The maximum atomic E-state index is 13.0. The Bertz CT molecular complexity index is 688. The van der Waals surface area contributed by atoms with Gasteiger partial charge in [-0.05, 0) is 30.5 Å². The van der Waals surface area contributed by atoms with Crippen LogP contribution in [0.15, 0.2) is 18.3 Å². The summed E-state index contributed by atoms with van der Waals surface area (Å²) in [4.78, 5) is 21.2. The van der Waals surface area contributed by atoms with Crippen LogP contribution in [-0.2, 0) is 4.74 Å². The average Bonchev–Trinajstić information content (AvgIpc) is 3.21. The van der Waals surface area contributed by atoms with Gasteiger partial charge in [0.25, 0.3) is 5.91 Å². The van der Waals surface area contributed by atoms with Crippen molar-refractivity contribution >= 4 is 27.5 Å². The second kappa shape index (κ2) is 5.95. The van der Waals surface area contributed by atoms with E-state index in [0.717, 1.165) is 34.6 Å². The molecule has 0 radical (unpaired) electrons. The number of nitrogens with one attached hydrogen (secondary N) is 1. The minimum atomic E-state index is 0.146. The lowest BCUT2D eigenvalue weighted by Gasteiger charge is -2.27. The molecule has 1 atom stereocenters. The standard InChI is InChI=1S/C16H19N3O2S/c20-16(19-6-8-21-9-7-19)14-13(11-3-5-17-10-11)12-2-1-4-18-15(12)22-14/h1-2,4,11,17H,3,5-10H2/t11-/m1/s1. The van der Waals surface area contributed by atoms with Crippen molar-refractivity contribution in [2.75, 3.05) is 39.4 Å². The number of amides is 1. The predicted octanol–water partition coefficient (Wildman–Crippen LogP) is 1.85. The van der Waals surface area contributed by atoms with Crippen molar-refractivity contribution in [3.63, 3.8) is 0 Å². The van der Waals surface area contributed by atoms with E-state index in [4.69, 9.17) is 4.74 Å². The summed E-state index contributed by atoms with van der Waals surface area (Å²) in [5.41, 5.74) is 1.20. The highest BCUT2D eigenvalue weighted by Gasteiger charge is 2.30. The second-order valence-corrected chi connectivity index (χ2v) is 6.79. The van der Waals surface area contributed by atoms with E-state index in [-0.39, 0.29) is 5.91 Å². The molecule has 22 heavy (non-hydrogen) atoms. The van der Waals surface area contributed by atoms with Crippen LogP contribution in [0, 0.1) is 0 Å². The molecule has 0 saturated carbocycles. The van der Waals surface area contributed by atoms with E-state index < -0.39 is 0 Å². The van der Waals surface area contributed by atoms with Gasteiger partial charge in [-0.1, -0.05) is 6.07 Å². The molecule has 2 aliphatic rings. The van der Waals surface area contributed by atoms with Crippen LogP contribution in [0.1, 0.15) is 27.6 Å². The first kappa shape index (κ1) is 14.1. The van der Waals surface area contributed by atoms with Crippen LogP contribution in [0.4, 0.5) is 0 Å². The number of carbonyl (C=O) groups excluding carboxylic acids is 1. The van der Waals surface area contributed by atoms with E-state index in [1.807, 2.05) is 11.0 Å². The average molecular weight is 317 g/mol. The van der Waals surface area contributed by atoms with Crippen molar-refractivity contribution < 1.29 is 9.53 Å². The molecule has 0 spiro atoms. The van der Waals surface area contributed by atoms with Crippen LogP contribution in [-0.4, -0.2) is 55.2 Å². The summed E-state index contributed by atoms with van der Waals surface area (Å²) >= 11 is 1.54. The van der Waals surface area contributed by atoms with Gasteiger partial charge in [0.1, 0.15) is 4.83 Å². The lowest BCUT2D eigenvalue weighted by Crippen LogP contribution is -2.40. The zero-order chi connectivity index (χ0) is 14.9. The third-order valence-corrected chi connectivity index (χ3v) is 5.58. The van der Waals surface area contributed by atoms with Gasteiger partial charge in [0, 0.05) is 31.2 Å². The van der Waals surface area contributed by atoms with E-state index in [9.17, 15) is 4.79 Å². The van der Waals surface area contributed by atoms with Gasteiger partial charge < -0.3 is 15.0 Å². The van der Waals surface area contributed by atoms with Gasteiger partial charge in [0.05, 0.1) is 18.1 Å². The van der Waals surface area contributed by atoms with Crippen LogP contribution >= 0.6 is 11.3 Å². The van der Waals surface area contributed by atoms with Gasteiger partial charge in [-0.15, -0.1) is 11.3 Å². The summed E-state index contributed by atoms with van der Waals surface area (Å²) in [5.74, 6) is 0.561. The number of fused-ring (bicyclic) bond motifs is 1. The number of carbonyl (C=O) groups is 1. The van der Waals surface area contributed by atoms with Crippen LogP contribution in [0.25, 0.3) is 10.2 Å². The van der Waals surface area contributed by atoms with Crippen molar-refractivity contribution in [3.05, 3.63) is 28.8 Å². The van der Waals surface area contributed by atoms with Gasteiger partial charge in [-0.2, -0.15) is 0 Å². The summed E-state index contributed by atoms with van der Waals surface area (Å²) < 4.78 is 5.36. The van der Waals surface area contributed by atoms with Crippen LogP contribution in [0.5, 0.6) is 0 Å². The lowest BCUT2D eigenvalue weighted by molar-refractivity contribution is 0.0305. The Morgan fingerprint density at radius 1 is 1.41 bits per heavy atom. The maximum absolute atomic E-state index is 13.0. The SMILES string of the molecule is O=C(c1sc2ncccc2c1[C@@H]1CCNC1)N1CCOCC1. The van der Waals surface area contributed by atoms with E-state index >= 15 is 0 Å². The van der Waals surface area contributed by atoms with Gasteiger partial charge in [0.2, 0.25) is 0 Å². The first-order valence-electron chi connectivity index (χ1n) is 7.80. The number of thiophene rings is 1. The fourth-order valence-corrected chi connectivity index (χ4v) is 4.52. The molecule has 1 N–H and O–H groups in total. The van der Waals surface area contributed by atoms with Crippen LogP contribution < -0.4 is 5.32 Å². The van der Waals surface area contributed by atoms with Crippen LogP contribution in [0.3, 0.4) is 0 Å². The summed E-state index contributed by atoms with van der Waals surface area (Å²) in [6.45, 7) is 4.60. The highest BCUT2D eigenvalue weighted by molar-refractivity contribution is 7.20. The van der Waals surface area contributed by atoms with E-state index in [1.165, 1.54) is 5.56 Å². The minimum absolute atomic E-state index is 0.146. The summed E-state index contributed by atoms with van der Waals surface area (Å²) in [7, 11) is 0. The highest BCUT2D eigenvalue weighted by atomic mass is 32.1. The topological polar surface area (TPSA) is 54.5 Å². The molecule has 0 bridgehead atoms. The fourth-order valence-electron chi connectivity index (χ4n) is 3.33. The van der Waals surface area contributed by atoms with E-state index in [1.54, 1.807) is 17.5 Å². The molecule has 116 valence electrons. The minimum Gasteiger partial charge on any atom is -0.378 e. The number of nitrogens with zero attached hydrogens (tertiary/aromatic N) is 2. The van der Waals surface area contributed by atoms with E-state index in [0.29, 0.717) is 32.2 Å². The largest absolute Gasteiger partial charge is 0.378 e. The van der Waals surface area contributed by atoms with Crippen molar-refractivity contribution in [1.82, 2.24) is 15.2 Å². The Morgan fingerprint density at radius 3 is 3.05 bits per heavy atom. The molecule has 4 heterocycles. The van der Waals surface area contributed by atoms with Gasteiger partial charge in [-0.3, -0.25) is 4.79 Å². The number of morpholine rings is 1. The van der Waals surface area contributed by atoms with Crippen molar-refractivity contribution in [2.24, 2.45) is 0 Å². The molecule has 4 rings (SSSR count). The third kappa shape index (κ3) is 2.41. The number of hydrogen-bond donors (Lipinski definition) is 1. The summed E-state index contributed by atoms with van der Waals surface area (Å²) in [5, 5.41) is 4.56. The Kier molecular flexibility index (Phi) is 3.82. The molecule has 2 fully saturated rings. The Morgan fingerprint density at radius 2 is 2.27 bits per heavy atom. The Balaban J connectivity index is 1.78. The smallest absolute Gasteiger partial charge is 0.264 e. The highest BCUT2D eigenvalue weighted by Crippen LogP contribution is 2.38. The number of rotatable bonds is 2. The predicted molar refractivity (Wildman–Crippen MR) is 86.6 cm³/mol. The second-order valence-electron chi connectivity index (χ2n) is 5.80. The number of ether oxygens (including phenoxy) is 1. The van der Waals surface area contributed by atoms with Gasteiger partial charge in [0.15, 0.2) is 0 Å². The summed E-state index contributed by atoms with van der Waals surface area (Å²) in [6, 6.07) is 4.06. The first-order valence-corrected chi connectivity index (χ1v) is 8.61. The molecule has 5 nitrogen and oxygen atoms in total. The molecule has 2 aliphatic heterocycles. The molecule has 2 aromatic rings. The molecule has 0 aromatic carbocycles. The Hall–Kier alpha value is -1.50. The number of pyridine rings is 1. The molecule has 1 amide bonds. The fraction of sp³-hybridized carbons (Fsp3) is 0.500. The zero-order valence-electron chi connectivity index (χ0n) is 12.4. The number of aromatic nitrogens is 1. The van der Waals surface area contributed by atoms with Gasteiger partial charge >= 0.3 is 0 Å². The molecule has 6 heteroatoms. The molecule has 2 saturated heterocycles. The maximum Gasteiger partial charge on any atom is 0.264 e. The monoisotopic (exact) mass is 317 g/mol. The lowest BCUT2D eigenvalue weighted by atomic mass is 9.95. The Labute approximate surface area is 133 Å². The first-order chi connectivity index (χ1) is 10.8. The molecular formula is C16H19N3O2S. The molecular weight excluding hydrogens is 298 g/mol. The zero-order valence-corrected chi connectivity index (χ0v) is 13.2. The molecule has 0 unspecified atom stereocenters. The third-order valence-electron chi connectivity index (χ3n) is 4.47. The summed E-state index contributed by atoms with van der Waals surface area (Å²) in [6.07, 6.45) is 2.89. The van der Waals surface area contributed by atoms with Crippen molar-refractivity contribution in [3.8, 4) is 0 Å².